The van der Waals surface area contributed by atoms with Gasteiger partial charge in [-0.3, -0.25) is 19.5 Å². The Bertz CT molecular complexity index is 1210. The van der Waals surface area contributed by atoms with Crippen LogP contribution in [0.4, 0.5) is 11.4 Å². The molecule has 0 bridgehead atoms. The largest absolute Gasteiger partial charge is 0.334 e. The number of rotatable bonds is 4. The van der Waals surface area contributed by atoms with Crippen molar-refractivity contribution in [1.82, 2.24) is 4.57 Å². The number of thiazole rings is 1. The van der Waals surface area contributed by atoms with Crippen molar-refractivity contribution in [2.24, 2.45) is 4.99 Å². The van der Waals surface area contributed by atoms with Crippen LogP contribution in [-0.4, -0.2) is 16.2 Å². The first-order valence-electron chi connectivity index (χ1n) is 8.89. The molecule has 0 aliphatic carbocycles. The number of nitro groups is 1. The number of nitrogens with zero attached hydrogens (tertiary/aromatic N) is 4. The molecule has 0 saturated heterocycles. The standard InChI is InChI=1S/C20H18N4O3S/c1-2-14-6-8-16(9-7-14)22-12-21-20-23(13-22)19(25)18(28-20)11-15-4-3-5-17(10-15)24(26)27/h3-11H,2,12-13H2,1H3/b18-11-. The van der Waals surface area contributed by atoms with Crippen LogP contribution in [0.1, 0.15) is 18.1 Å². The minimum Gasteiger partial charge on any atom is -0.334 e. The average Bonchev–Trinajstić information content (AvgIpc) is 3.03. The molecule has 0 spiro atoms. The maximum atomic E-state index is 12.8. The maximum absolute atomic E-state index is 12.8. The molecular weight excluding hydrogens is 376 g/mol. The first-order valence-corrected chi connectivity index (χ1v) is 9.71. The van der Waals surface area contributed by atoms with E-state index in [0.717, 1.165) is 12.1 Å². The van der Waals surface area contributed by atoms with Gasteiger partial charge in [-0.1, -0.05) is 42.5 Å². The SMILES string of the molecule is CCc1ccc(N2CN=c3s/c(=C\c4cccc([N+](=O)[O-])c4)c(=O)n3C2)cc1. The molecule has 0 amide bonds. The number of non-ortho nitro benzene ring substituents is 1. The summed E-state index contributed by atoms with van der Waals surface area (Å²) in [5.74, 6) is 0. The highest BCUT2D eigenvalue weighted by Crippen LogP contribution is 2.17. The van der Waals surface area contributed by atoms with Crippen LogP contribution in [0.2, 0.25) is 0 Å². The normalized spacial score (nSPS) is 13.9. The zero-order valence-electron chi connectivity index (χ0n) is 15.2. The number of fused-ring (bicyclic) bond motifs is 1. The third kappa shape index (κ3) is 3.46. The molecule has 8 heteroatoms. The predicted molar refractivity (Wildman–Crippen MR) is 109 cm³/mol. The fourth-order valence-electron chi connectivity index (χ4n) is 3.10. The van der Waals surface area contributed by atoms with Crippen LogP contribution in [-0.2, 0) is 13.1 Å². The van der Waals surface area contributed by atoms with Gasteiger partial charge >= 0.3 is 0 Å². The van der Waals surface area contributed by atoms with E-state index in [1.165, 1.54) is 29.0 Å². The molecule has 1 aliphatic heterocycles. The highest BCUT2D eigenvalue weighted by Gasteiger charge is 2.16. The van der Waals surface area contributed by atoms with E-state index in [0.29, 0.717) is 28.2 Å². The molecule has 0 radical (unpaired) electrons. The summed E-state index contributed by atoms with van der Waals surface area (Å²) in [6.07, 6.45) is 2.66. The first-order chi connectivity index (χ1) is 13.5. The summed E-state index contributed by atoms with van der Waals surface area (Å²) in [5.41, 5.74) is 2.78. The van der Waals surface area contributed by atoms with Crippen LogP contribution in [0.15, 0.2) is 58.3 Å². The van der Waals surface area contributed by atoms with Crippen LogP contribution in [0.3, 0.4) is 0 Å². The summed E-state index contributed by atoms with van der Waals surface area (Å²) in [4.78, 5) is 30.6. The van der Waals surface area contributed by atoms with Crippen molar-refractivity contribution >= 4 is 28.8 Å². The third-order valence-corrected chi connectivity index (χ3v) is 5.71. The third-order valence-electron chi connectivity index (χ3n) is 4.67. The van der Waals surface area contributed by atoms with E-state index in [9.17, 15) is 14.9 Å². The topological polar surface area (TPSA) is 80.7 Å². The number of anilines is 1. The number of hydrogen-bond acceptors (Lipinski definition) is 6. The Morgan fingerprint density at radius 2 is 2.04 bits per heavy atom. The molecule has 0 N–H and O–H groups in total. The molecule has 1 aromatic heterocycles. The van der Waals surface area contributed by atoms with Crippen molar-refractivity contribution in [1.29, 1.82) is 0 Å². The predicted octanol–water partition coefficient (Wildman–Crippen LogP) is 2.26. The Morgan fingerprint density at radius 3 is 2.75 bits per heavy atom. The molecule has 4 rings (SSSR count). The van der Waals surface area contributed by atoms with Gasteiger partial charge in [0, 0.05) is 17.8 Å². The van der Waals surface area contributed by atoms with Crippen LogP contribution in [0.25, 0.3) is 6.08 Å². The molecule has 28 heavy (non-hydrogen) atoms. The van der Waals surface area contributed by atoms with Gasteiger partial charge in [-0.05, 0) is 35.8 Å². The van der Waals surface area contributed by atoms with Gasteiger partial charge in [-0.2, -0.15) is 0 Å². The highest BCUT2D eigenvalue weighted by atomic mass is 32.1. The monoisotopic (exact) mass is 394 g/mol. The van der Waals surface area contributed by atoms with Crippen LogP contribution < -0.4 is 19.8 Å². The van der Waals surface area contributed by atoms with E-state index < -0.39 is 4.92 Å². The van der Waals surface area contributed by atoms with Gasteiger partial charge in [-0.15, -0.1) is 0 Å². The van der Waals surface area contributed by atoms with E-state index in [2.05, 4.69) is 24.0 Å². The summed E-state index contributed by atoms with van der Waals surface area (Å²) in [6, 6.07) is 14.5. The zero-order chi connectivity index (χ0) is 19.7. The quantitative estimate of drug-likeness (QED) is 0.502. The molecule has 2 heterocycles. The summed E-state index contributed by atoms with van der Waals surface area (Å²) in [6.45, 7) is 3.03. The number of nitro benzene ring substituents is 1. The lowest BCUT2D eigenvalue weighted by Crippen LogP contribution is -2.42. The van der Waals surface area contributed by atoms with Crippen LogP contribution in [0, 0.1) is 10.1 Å². The molecule has 142 valence electrons. The molecule has 7 nitrogen and oxygen atoms in total. The Labute approximate surface area is 164 Å². The van der Waals surface area contributed by atoms with Gasteiger partial charge < -0.3 is 4.90 Å². The second-order valence-electron chi connectivity index (χ2n) is 6.48. The van der Waals surface area contributed by atoms with E-state index in [1.807, 2.05) is 17.0 Å². The van der Waals surface area contributed by atoms with Crippen LogP contribution >= 0.6 is 11.3 Å². The molecule has 1 aliphatic rings. The Hall–Kier alpha value is -3.26. The molecule has 0 fully saturated rings. The van der Waals surface area contributed by atoms with Gasteiger partial charge in [0.05, 0.1) is 9.46 Å². The van der Waals surface area contributed by atoms with Gasteiger partial charge in [0.1, 0.15) is 13.3 Å². The lowest BCUT2D eigenvalue weighted by Gasteiger charge is -2.25. The summed E-state index contributed by atoms with van der Waals surface area (Å²) in [5, 5.41) is 11.0. The van der Waals surface area contributed by atoms with E-state index in [1.54, 1.807) is 22.8 Å². The lowest BCUT2D eigenvalue weighted by molar-refractivity contribution is -0.384. The van der Waals surface area contributed by atoms with Crippen molar-refractivity contribution < 1.29 is 4.92 Å². The fourth-order valence-corrected chi connectivity index (χ4v) is 4.06. The van der Waals surface area contributed by atoms with Gasteiger partial charge in [0.25, 0.3) is 11.2 Å². The number of benzene rings is 2. The Kier molecular flexibility index (Phi) is 4.79. The minimum atomic E-state index is -0.444. The highest BCUT2D eigenvalue weighted by molar-refractivity contribution is 7.07. The lowest BCUT2D eigenvalue weighted by atomic mass is 10.1. The number of hydrogen-bond donors (Lipinski definition) is 0. The average molecular weight is 394 g/mol. The number of aryl methyl sites for hydroxylation is 1. The van der Waals surface area contributed by atoms with Crippen molar-refractivity contribution in [3.05, 3.63) is 89.5 Å². The molecule has 2 aromatic carbocycles. The summed E-state index contributed by atoms with van der Waals surface area (Å²) in [7, 11) is 0. The van der Waals surface area contributed by atoms with E-state index in [-0.39, 0.29) is 11.2 Å². The molecule has 0 atom stereocenters. The van der Waals surface area contributed by atoms with E-state index in [4.69, 9.17) is 0 Å². The zero-order valence-corrected chi connectivity index (χ0v) is 16.1. The van der Waals surface area contributed by atoms with Gasteiger partial charge in [0.15, 0.2) is 4.80 Å². The van der Waals surface area contributed by atoms with Crippen molar-refractivity contribution in [2.45, 2.75) is 20.0 Å². The van der Waals surface area contributed by atoms with Crippen molar-refractivity contribution in [3.63, 3.8) is 0 Å². The maximum Gasteiger partial charge on any atom is 0.271 e. The Morgan fingerprint density at radius 1 is 1.25 bits per heavy atom. The Balaban J connectivity index is 1.67. The fraction of sp³-hybridized carbons (Fsp3) is 0.200. The minimum absolute atomic E-state index is 0.00144. The summed E-state index contributed by atoms with van der Waals surface area (Å²) >= 11 is 1.31. The van der Waals surface area contributed by atoms with Gasteiger partial charge in [0.2, 0.25) is 0 Å². The molecule has 0 saturated carbocycles. The second-order valence-corrected chi connectivity index (χ2v) is 7.49. The smallest absolute Gasteiger partial charge is 0.271 e. The van der Waals surface area contributed by atoms with Gasteiger partial charge in [-0.25, -0.2) is 4.99 Å². The number of aromatic nitrogens is 1. The van der Waals surface area contributed by atoms with Crippen molar-refractivity contribution in [2.75, 3.05) is 11.6 Å². The first kappa shape index (κ1) is 18.1. The molecule has 3 aromatic rings. The van der Waals surface area contributed by atoms with Crippen molar-refractivity contribution in [3.8, 4) is 0 Å². The van der Waals surface area contributed by atoms with E-state index >= 15 is 0 Å². The second kappa shape index (κ2) is 7.40. The molecular formula is C20H18N4O3S. The molecule has 0 unspecified atom stereocenters. The van der Waals surface area contributed by atoms with Crippen LogP contribution in [0.5, 0.6) is 0 Å². The summed E-state index contributed by atoms with van der Waals surface area (Å²) < 4.78 is 2.16.